The first-order valence-electron chi connectivity index (χ1n) is 6.81. The van der Waals surface area contributed by atoms with Gasteiger partial charge in [-0.15, -0.1) is 0 Å². The lowest BCUT2D eigenvalue weighted by atomic mass is 10.0. The Bertz CT molecular complexity index is 847. The predicted octanol–water partition coefficient (Wildman–Crippen LogP) is 3.22. The summed E-state index contributed by atoms with van der Waals surface area (Å²) in [7, 11) is -3.99. The summed E-state index contributed by atoms with van der Waals surface area (Å²) in [5.74, 6) is -0.357. The zero-order valence-electron chi connectivity index (χ0n) is 12.6. The number of rotatable bonds is 5. The maximum absolute atomic E-state index is 12.4. The van der Waals surface area contributed by atoms with Gasteiger partial charge in [-0.2, -0.15) is 0 Å². The molecule has 0 saturated heterocycles. The van der Waals surface area contributed by atoms with Crippen molar-refractivity contribution in [1.29, 1.82) is 0 Å². The van der Waals surface area contributed by atoms with Crippen molar-refractivity contribution in [3.63, 3.8) is 0 Å². The molecule has 0 unspecified atom stereocenters. The van der Waals surface area contributed by atoms with E-state index in [1.165, 1.54) is 0 Å². The lowest BCUT2D eigenvalue weighted by Crippen LogP contribution is -2.13. The number of phenolic OH excluding ortho intramolecular Hbond substituents is 1. The largest absolute Gasteiger partial charge is 0.502 e. The molecule has 2 rings (SSSR count). The summed E-state index contributed by atoms with van der Waals surface area (Å²) < 4.78 is 27.1. The predicted molar refractivity (Wildman–Crippen MR) is 86.1 cm³/mol. The van der Waals surface area contributed by atoms with E-state index in [0.29, 0.717) is 5.69 Å². The van der Waals surface area contributed by atoms with E-state index in [-0.39, 0.29) is 10.8 Å². The van der Waals surface area contributed by atoms with Gasteiger partial charge in [-0.25, -0.2) is 8.42 Å². The van der Waals surface area contributed by atoms with Crippen molar-refractivity contribution >= 4 is 21.4 Å². The highest BCUT2D eigenvalue weighted by molar-refractivity contribution is 7.92. The fourth-order valence-electron chi connectivity index (χ4n) is 1.99. The van der Waals surface area contributed by atoms with Crippen molar-refractivity contribution < 1.29 is 18.4 Å². The van der Waals surface area contributed by atoms with Gasteiger partial charge in [0.15, 0.2) is 5.75 Å². The van der Waals surface area contributed by atoms with Crippen molar-refractivity contribution in [2.24, 2.45) is 0 Å². The molecule has 23 heavy (non-hydrogen) atoms. The number of hydrogen-bond acceptors (Lipinski definition) is 5. The summed E-state index contributed by atoms with van der Waals surface area (Å²) in [6.07, 6.45) is 0. The summed E-state index contributed by atoms with van der Waals surface area (Å²) in [6, 6.07) is 9.83. The first-order chi connectivity index (χ1) is 10.7. The Hall–Kier alpha value is -2.61. The van der Waals surface area contributed by atoms with Crippen LogP contribution in [0.4, 0.5) is 11.4 Å². The fourth-order valence-corrected chi connectivity index (χ4v) is 3.06. The van der Waals surface area contributed by atoms with Gasteiger partial charge in [0.25, 0.3) is 10.0 Å². The molecule has 2 aromatic carbocycles. The van der Waals surface area contributed by atoms with Gasteiger partial charge in [-0.1, -0.05) is 26.0 Å². The number of nitrogens with one attached hydrogen (secondary N) is 1. The van der Waals surface area contributed by atoms with Crippen molar-refractivity contribution in [1.82, 2.24) is 0 Å². The minimum atomic E-state index is -3.99. The number of sulfonamides is 1. The van der Waals surface area contributed by atoms with E-state index in [4.69, 9.17) is 0 Å². The van der Waals surface area contributed by atoms with Crippen LogP contribution in [0.1, 0.15) is 25.3 Å². The molecule has 122 valence electrons. The molecule has 0 aliphatic carbocycles. The molecule has 0 bridgehead atoms. The number of aromatic hydroxyl groups is 1. The van der Waals surface area contributed by atoms with Crippen molar-refractivity contribution in [3.05, 3.63) is 58.1 Å². The molecule has 0 radical (unpaired) electrons. The van der Waals surface area contributed by atoms with Gasteiger partial charge in [-0.05, 0) is 35.7 Å². The molecule has 8 heteroatoms. The van der Waals surface area contributed by atoms with Crippen LogP contribution in [0.15, 0.2) is 47.4 Å². The van der Waals surface area contributed by atoms with Gasteiger partial charge in [0.1, 0.15) is 0 Å². The van der Waals surface area contributed by atoms with E-state index in [2.05, 4.69) is 4.72 Å². The zero-order chi connectivity index (χ0) is 17.2. The summed E-state index contributed by atoms with van der Waals surface area (Å²) in [4.78, 5) is 9.68. The van der Waals surface area contributed by atoms with E-state index in [1.807, 2.05) is 19.9 Å². The summed E-state index contributed by atoms with van der Waals surface area (Å²) >= 11 is 0. The third-order valence-electron chi connectivity index (χ3n) is 3.26. The molecule has 2 N–H and O–H groups in total. The van der Waals surface area contributed by atoms with Crippen LogP contribution in [0.5, 0.6) is 5.75 Å². The van der Waals surface area contributed by atoms with Crippen LogP contribution >= 0.6 is 0 Å². The molecule has 0 aromatic heterocycles. The average molecular weight is 336 g/mol. The molecule has 0 aliphatic rings. The minimum absolute atomic E-state index is 0.231. The summed E-state index contributed by atoms with van der Waals surface area (Å²) in [6.45, 7) is 3.97. The molecule has 0 aliphatic heterocycles. The highest BCUT2D eigenvalue weighted by Gasteiger charge is 2.21. The standard InChI is InChI=1S/C15H16N2O5S/c1-10(2)11-4-3-5-12(8-11)16-23(21,22)13-6-7-15(18)14(9-13)17(19)20/h3-10,16,18H,1-2H3. The Labute approximate surface area is 133 Å². The monoisotopic (exact) mass is 336 g/mol. The highest BCUT2D eigenvalue weighted by Crippen LogP contribution is 2.29. The first-order valence-corrected chi connectivity index (χ1v) is 8.29. The van der Waals surface area contributed by atoms with Crippen LogP contribution in [0.2, 0.25) is 0 Å². The maximum Gasteiger partial charge on any atom is 0.312 e. The van der Waals surface area contributed by atoms with E-state index in [9.17, 15) is 23.6 Å². The Morgan fingerprint density at radius 1 is 1.17 bits per heavy atom. The van der Waals surface area contributed by atoms with Crippen LogP contribution in [0, 0.1) is 10.1 Å². The third kappa shape index (κ3) is 3.78. The summed E-state index contributed by atoms with van der Waals surface area (Å²) in [5, 5.41) is 20.2. The van der Waals surface area contributed by atoms with Gasteiger partial charge in [-0.3, -0.25) is 14.8 Å². The molecule has 0 amide bonds. The van der Waals surface area contributed by atoms with Crippen molar-refractivity contribution in [2.75, 3.05) is 4.72 Å². The van der Waals surface area contributed by atoms with Crippen LogP contribution in [0.3, 0.4) is 0 Å². The van der Waals surface area contributed by atoms with Gasteiger partial charge in [0, 0.05) is 11.8 Å². The number of nitro groups is 1. The van der Waals surface area contributed by atoms with E-state index >= 15 is 0 Å². The number of phenols is 1. The zero-order valence-corrected chi connectivity index (χ0v) is 13.4. The summed E-state index contributed by atoms with van der Waals surface area (Å²) in [5.41, 5.74) is 0.664. The van der Waals surface area contributed by atoms with Crippen LogP contribution in [-0.2, 0) is 10.0 Å². The van der Waals surface area contributed by atoms with E-state index in [1.54, 1.807) is 18.2 Å². The van der Waals surface area contributed by atoms with E-state index in [0.717, 1.165) is 23.8 Å². The normalized spacial score (nSPS) is 11.4. The maximum atomic E-state index is 12.4. The molecular formula is C15H16N2O5S. The molecule has 0 heterocycles. The third-order valence-corrected chi connectivity index (χ3v) is 4.64. The Kier molecular flexibility index (Phi) is 4.55. The van der Waals surface area contributed by atoms with Crippen LogP contribution < -0.4 is 4.72 Å². The molecule has 0 saturated carbocycles. The Morgan fingerprint density at radius 3 is 2.48 bits per heavy atom. The lowest BCUT2D eigenvalue weighted by molar-refractivity contribution is -0.386. The molecule has 7 nitrogen and oxygen atoms in total. The first kappa shape index (κ1) is 16.8. The van der Waals surface area contributed by atoms with Gasteiger partial charge in [0.2, 0.25) is 0 Å². The fraction of sp³-hybridized carbons (Fsp3) is 0.200. The Balaban J connectivity index is 2.38. The Morgan fingerprint density at radius 2 is 1.87 bits per heavy atom. The number of benzene rings is 2. The second-order valence-electron chi connectivity index (χ2n) is 5.29. The number of hydrogen-bond donors (Lipinski definition) is 2. The van der Waals surface area contributed by atoms with Crippen LogP contribution in [0.25, 0.3) is 0 Å². The smallest absolute Gasteiger partial charge is 0.312 e. The number of nitro benzene ring substituents is 1. The second kappa shape index (κ2) is 6.25. The quantitative estimate of drug-likeness (QED) is 0.643. The van der Waals surface area contributed by atoms with E-state index < -0.39 is 26.4 Å². The van der Waals surface area contributed by atoms with Gasteiger partial charge >= 0.3 is 5.69 Å². The SMILES string of the molecule is CC(C)c1cccc(NS(=O)(=O)c2ccc(O)c([N+](=O)[O-])c2)c1. The lowest BCUT2D eigenvalue weighted by Gasteiger charge is -2.11. The highest BCUT2D eigenvalue weighted by atomic mass is 32.2. The molecule has 0 fully saturated rings. The second-order valence-corrected chi connectivity index (χ2v) is 6.98. The van der Waals surface area contributed by atoms with Crippen molar-refractivity contribution in [2.45, 2.75) is 24.7 Å². The number of anilines is 1. The molecular weight excluding hydrogens is 320 g/mol. The van der Waals surface area contributed by atoms with Crippen molar-refractivity contribution in [3.8, 4) is 5.75 Å². The topological polar surface area (TPSA) is 110 Å². The average Bonchev–Trinajstić information content (AvgIpc) is 2.46. The van der Waals surface area contributed by atoms with Gasteiger partial charge < -0.3 is 5.11 Å². The molecule has 0 atom stereocenters. The van der Waals surface area contributed by atoms with Gasteiger partial charge in [0.05, 0.1) is 9.82 Å². The molecule has 0 spiro atoms. The van der Waals surface area contributed by atoms with Crippen LogP contribution in [-0.4, -0.2) is 18.4 Å². The molecule has 2 aromatic rings. The number of nitrogens with zero attached hydrogens (tertiary/aromatic N) is 1. The minimum Gasteiger partial charge on any atom is -0.502 e.